The van der Waals surface area contributed by atoms with Crippen LogP contribution in [0.25, 0.3) is 0 Å². The maximum atomic E-state index is 12.6. The molecule has 0 aliphatic carbocycles. The number of benzene rings is 2. The van der Waals surface area contributed by atoms with E-state index in [2.05, 4.69) is 5.32 Å². The van der Waals surface area contributed by atoms with E-state index in [1.54, 1.807) is 31.2 Å². The first kappa shape index (κ1) is 21.7. The molecule has 0 unspecified atom stereocenters. The van der Waals surface area contributed by atoms with Crippen molar-refractivity contribution in [1.82, 2.24) is 0 Å². The third-order valence-corrected chi connectivity index (χ3v) is 5.33. The summed E-state index contributed by atoms with van der Waals surface area (Å²) in [6.07, 6.45) is 1.03. The van der Waals surface area contributed by atoms with Gasteiger partial charge in [-0.1, -0.05) is 11.6 Å². The lowest BCUT2D eigenvalue weighted by Crippen LogP contribution is -2.45. The number of carbonyl (C=O) groups excluding carboxylic acids is 2. The fraction of sp³-hybridized carbons (Fsp3) is 0.263. The van der Waals surface area contributed by atoms with Crippen LogP contribution >= 0.6 is 11.6 Å². The number of rotatable bonds is 7. The topological polar surface area (TPSA) is 92.8 Å². The van der Waals surface area contributed by atoms with Crippen LogP contribution in [0.3, 0.4) is 0 Å². The third-order valence-electron chi connectivity index (χ3n) is 3.83. The Morgan fingerprint density at radius 3 is 2.18 bits per heavy atom. The molecule has 0 fully saturated rings. The number of hydrogen-bond donors (Lipinski definition) is 1. The molecule has 1 N–H and O–H groups in total. The number of carbonyl (C=O) groups is 2. The standard InChI is InChI=1S/C19H21ClN2O5S/c1-4-27-19(24)14-5-9-16(10-6-14)21-18(23)13(2)22(28(3,25)26)17-11-7-15(20)8-12-17/h5-13H,4H2,1-3H3,(H,21,23)/t13-/m0/s1. The number of esters is 1. The molecule has 1 atom stereocenters. The summed E-state index contributed by atoms with van der Waals surface area (Å²) in [5.41, 5.74) is 1.11. The van der Waals surface area contributed by atoms with Crippen LogP contribution in [0, 0.1) is 0 Å². The molecule has 0 saturated carbocycles. The Kier molecular flexibility index (Phi) is 7.04. The molecular weight excluding hydrogens is 404 g/mol. The van der Waals surface area contributed by atoms with Gasteiger partial charge < -0.3 is 10.1 Å². The Bertz CT molecular complexity index is 943. The number of ether oxygens (including phenoxy) is 1. The highest BCUT2D eigenvalue weighted by Crippen LogP contribution is 2.23. The third kappa shape index (κ3) is 5.46. The highest BCUT2D eigenvalue weighted by atomic mass is 35.5. The van der Waals surface area contributed by atoms with Crippen molar-refractivity contribution in [3.05, 3.63) is 59.1 Å². The van der Waals surface area contributed by atoms with Crippen LogP contribution in [0.2, 0.25) is 5.02 Å². The van der Waals surface area contributed by atoms with Gasteiger partial charge in [0, 0.05) is 10.7 Å². The Morgan fingerprint density at radius 1 is 1.11 bits per heavy atom. The molecule has 9 heteroatoms. The summed E-state index contributed by atoms with van der Waals surface area (Å²) in [5.74, 6) is -0.982. The number of hydrogen-bond acceptors (Lipinski definition) is 5. The van der Waals surface area contributed by atoms with Gasteiger partial charge in [-0.25, -0.2) is 13.2 Å². The Balaban J connectivity index is 2.19. The summed E-state index contributed by atoms with van der Waals surface area (Å²) in [7, 11) is -3.72. The van der Waals surface area contributed by atoms with Gasteiger partial charge in [-0.3, -0.25) is 9.10 Å². The molecule has 0 aliphatic rings. The first-order valence-electron chi connectivity index (χ1n) is 8.46. The second-order valence-electron chi connectivity index (χ2n) is 6.00. The quantitative estimate of drug-likeness (QED) is 0.688. The first-order chi connectivity index (χ1) is 13.1. The van der Waals surface area contributed by atoms with Crippen molar-refractivity contribution in [2.24, 2.45) is 0 Å². The molecule has 0 aliphatic heterocycles. The monoisotopic (exact) mass is 424 g/mol. The van der Waals surface area contributed by atoms with Gasteiger partial charge in [-0.05, 0) is 62.4 Å². The van der Waals surface area contributed by atoms with Gasteiger partial charge in [-0.15, -0.1) is 0 Å². The van der Waals surface area contributed by atoms with Gasteiger partial charge in [0.05, 0.1) is 24.1 Å². The van der Waals surface area contributed by atoms with Crippen molar-refractivity contribution >= 4 is 44.9 Å². The lowest BCUT2D eigenvalue weighted by Gasteiger charge is -2.28. The van der Waals surface area contributed by atoms with E-state index >= 15 is 0 Å². The lowest BCUT2D eigenvalue weighted by molar-refractivity contribution is -0.116. The Labute approximate surface area is 169 Å². The van der Waals surface area contributed by atoms with Gasteiger partial charge in [0.15, 0.2) is 0 Å². The van der Waals surface area contributed by atoms with Crippen LogP contribution in [0.4, 0.5) is 11.4 Å². The first-order valence-corrected chi connectivity index (χ1v) is 10.7. The molecule has 7 nitrogen and oxygen atoms in total. The van der Waals surface area contributed by atoms with E-state index in [9.17, 15) is 18.0 Å². The zero-order chi connectivity index (χ0) is 20.9. The van der Waals surface area contributed by atoms with E-state index in [1.165, 1.54) is 31.2 Å². The maximum absolute atomic E-state index is 12.6. The number of amides is 1. The summed E-state index contributed by atoms with van der Waals surface area (Å²) in [6, 6.07) is 11.3. The van der Waals surface area contributed by atoms with Crippen LogP contribution in [0.15, 0.2) is 48.5 Å². The predicted octanol–water partition coefficient (Wildman–Crippen LogP) is 3.31. The molecule has 28 heavy (non-hydrogen) atoms. The average Bonchev–Trinajstić information content (AvgIpc) is 2.63. The molecule has 0 spiro atoms. The van der Waals surface area contributed by atoms with Crippen LogP contribution < -0.4 is 9.62 Å². The Hall–Kier alpha value is -2.58. The molecule has 2 aromatic carbocycles. The second kappa shape index (κ2) is 9.07. The van der Waals surface area contributed by atoms with Gasteiger partial charge >= 0.3 is 5.97 Å². The molecule has 1 amide bonds. The smallest absolute Gasteiger partial charge is 0.338 e. The van der Waals surface area contributed by atoms with Crippen molar-refractivity contribution in [2.45, 2.75) is 19.9 Å². The molecule has 0 heterocycles. The molecule has 150 valence electrons. The van der Waals surface area contributed by atoms with E-state index in [0.717, 1.165) is 10.6 Å². The van der Waals surface area contributed by atoms with Gasteiger partial charge in [0.25, 0.3) is 0 Å². The second-order valence-corrected chi connectivity index (χ2v) is 8.29. The largest absolute Gasteiger partial charge is 0.462 e. The van der Waals surface area contributed by atoms with Crippen molar-refractivity contribution in [1.29, 1.82) is 0 Å². The molecule has 0 bridgehead atoms. The van der Waals surface area contributed by atoms with Crippen molar-refractivity contribution < 1.29 is 22.7 Å². The predicted molar refractivity (Wildman–Crippen MR) is 109 cm³/mol. The van der Waals surface area contributed by atoms with Crippen molar-refractivity contribution in [3.8, 4) is 0 Å². The normalized spacial score (nSPS) is 12.1. The SMILES string of the molecule is CCOC(=O)c1ccc(NC(=O)[C@H](C)N(c2ccc(Cl)cc2)S(C)(=O)=O)cc1. The van der Waals surface area contributed by atoms with E-state index in [0.29, 0.717) is 22.0 Å². The summed E-state index contributed by atoms with van der Waals surface area (Å²) < 4.78 is 30.4. The summed E-state index contributed by atoms with van der Waals surface area (Å²) in [4.78, 5) is 24.3. The molecule has 0 saturated heterocycles. The van der Waals surface area contributed by atoms with E-state index < -0.39 is 27.9 Å². The summed E-state index contributed by atoms with van der Waals surface area (Å²) in [6.45, 7) is 3.46. The van der Waals surface area contributed by atoms with E-state index in [4.69, 9.17) is 16.3 Å². The number of nitrogens with zero attached hydrogens (tertiary/aromatic N) is 1. The highest BCUT2D eigenvalue weighted by Gasteiger charge is 2.29. The van der Waals surface area contributed by atoms with Gasteiger partial charge in [0.2, 0.25) is 15.9 Å². The van der Waals surface area contributed by atoms with Gasteiger partial charge in [-0.2, -0.15) is 0 Å². The maximum Gasteiger partial charge on any atom is 0.338 e. The van der Waals surface area contributed by atoms with Crippen LogP contribution in [-0.2, 0) is 19.6 Å². The number of anilines is 2. The lowest BCUT2D eigenvalue weighted by atomic mass is 10.2. The minimum Gasteiger partial charge on any atom is -0.462 e. The van der Waals surface area contributed by atoms with Crippen LogP contribution in [-0.4, -0.2) is 39.2 Å². The average molecular weight is 425 g/mol. The molecule has 0 aromatic heterocycles. The minimum atomic E-state index is -3.72. The summed E-state index contributed by atoms with van der Waals surface area (Å²) >= 11 is 5.85. The van der Waals surface area contributed by atoms with Crippen molar-refractivity contribution in [2.75, 3.05) is 22.5 Å². The number of sulfonamides is 1. The fourth-order valence-electron chi connectivity index (χ4n) is 2.55. The zero-order valence-corrected chi connectivity index (χ0v) is 17.3. The molecule has 0 radical (unpaired) electrons. The van der Waals surface area contributed by atoms with Gasteiger partial charge in [0.1, 0.15) is 6.04 Å². The Morgan fingerprint density at radius 2 is 1.68 bits per heavy atom. The molecule has 2 aromatic rings. The fourth-order valence-corrected chi connectivity index (χ4v) is 3.85. The molecule has 2 rings (SSSR count). The van der Waals surface area contributed by atoms with Crippen LogP contribution in [0.5, 0.6) is 0 Å². The number of halogens is 1. The molecular formula is C19H21ClN2O5S. The summed E-state index contributed by atoms with van der Waals surface area (Å²) in [5, 5.41) is 3.10. The zero-order valence-electron chi connectivity index (χ0n) is 15.7. The number of nitrogens with one attached hydrogen (secondary N) is 1. The van der Waals surface area contributed by atoms with Crippen molar-refractivity contribution in [3.63, 3.8) is 0 Å². The minimum absolute atomic E-state index is 0.265. The van der Waals surface area contributed by atoms with E-state index in [1.807, 2.05) is 0 Å². The van der Waals surface area contributed by atoms with E-state index in [-0.39, 0.29) is 6.61 Å². The van der Waals surface area contributed by atoms with Crippen LogP contribution in [0.1, 0.15) is 24.2 Å². The highest BCUT2D eigenvalue weighted by molar-refractivity contribution is 7.92.